The molecule has 2 aromatic carbocycles. The lowest BCUT2D eigenvalue weighted by molar-refractivity contribution is -0.385. The molecule has 0 fully saturated rings. The Morgan fingerprint density at radius 2 is 1.80 bits per heavy atom. The van der Waals surface area contributed by atoms with Crippen LogP contribution in [0.2, 0.25) is 5.02 Å². The highest BCUT2D eigenvalue weighted by atomic mass is 35.5. The Kier molecular flexibility index (Phi) is 5.98. The van der Waals surface area contributed by atoms with Gasteiger partial charge in [-0.25, -0.2) is 0 Å². The predicted molar refractivity (Wildman–Crippen MR) is 96.2 cm³/mol. The average Bonchev–Trinajstić information content (AvgIpc) is 2.54. The molecule has 1 N–H and O–H groups in total. The minimum atomic E-state index is -0.622. The first-order valence-corrected chi connectivity index (χ1v) is 8.17. The number of nitrogens with one attached hydrogen (secondary N) is 1. The summed E-state index contributed by atoms with van der Waals surface area (Å²) in [7, 11) is 0. The van der Waals surface area contributed by atoms with Crippen molar-refractivity contribution in [2.24, 2.45) is 0 Å². The van der Waals surface area contributed by atoms with Crippen LogP contribution in [0.5, 0.6) is 5.75 Å². The zero-order chi connectivity index (χ0) is 18.6. The lowest BCUT2D eigenvalue weighted by atomic mass is 10.1. The zero-order valence-electron chi connectivity index (χ0n) is 14.2. The molecule has 0 aliphatic carbocycles. The molecule has 0 saturated heterocycles. The van der Waals surface area contributed by atoms with Gasteiger partial charge in [-0.3, -0.25) is 14.9 Å². The number of carbonyl (C=O) groups excluding carboxylic acids is 1. The van der Waals surface area contributed by atoms with Crippen LogP contribution in [-0.2, 0) is 0 Å². The van der Waals surface area contributed by atoms with Gasteiger partial charge in [0.05, 0.1) is 17.1 Å². The molecule has 0 aliphatic rings. The van der Waals surface area contributed by atoms with Crippen molar-refractivity contribution in [1.82, 2.24) is 5.32 Å². The van der Waals surface area contributed by atoms with E-state index in [1.165, 1.54) is 18.2 Å². The number of hydrogen-bond donors (Lipinski definition) is 1. The fourth-order valence-corrected chi connectivity index (χ4v) is 2.48. The maximum absolute atomic E-state index is 12.4. The Hall–Kier alpha value is -2.60. The molecule has 0 spiro atoms. The Labute approximate surface area is 150 Å². The second kappa shape index (κ2) is 7.98. The monoisotopic (exact) mass is 362 g/mol. The minimum absolute atomic E-state index is 0.0268. The van der Waals surface area contributed by atoms with E-state index in [1.807, 2.05) is 38.1 Å². The largest absolute Gasteiger partial charge is 0.491 e. The molecule has 1 amide bonds. The molecule has 2 rings (SSSR count). The van der Waals surface area contributed by atoms with Crippen LogP contribution in [0.15, 0.2) is 42.5 Å². The number of hydrogen-bond acceptors (Lipinski definition) is 4. The highest BCUT2D eigenvalue weighted by molar-refractivity contribution is 6.31. The van der Waals surface area contributed by atoms with Gasteiger partial charge in [-0.15, -0.1) is 0 Å². The fraction of sp³-hybridized carbons (Fsp3) is 0.278. The maximum atomic E-state index is 12.4. The lowest BCUT2D eigenvalue weighted by Gasteiger charge is -2.16. The molecule has 6 nitrogen and oxygen atoms in total. The molecule has 0 radical (unpaired) electrons. The van der Waals surface area contributed by atoms with Crippen molar-refractivity contribution in [2.45, 2.75) is 32.9 Å². The second-order valence-corrected chi connectivity index (χ2v) is 6.29. The molecular formula is C18H19ClN2O4. The van der Waals surface area contributed by atoms with Crippen LogP contribution >= 0.6 is 11.6 Å². The number of carbonyl (C=O) groups is 1. The minimum Gasteiger partial charge on any atom is -0.491 e. The normalized spacial score (nSPS) is 11.9. The standard InChI is InChI=1S/C18H19ClN2O4/c1-11(2)25-15-7-4-13(5-8-15)12(3)20-18(22)16-9-6-14(19)10-17(16)21(23)24/h4-12H,1-3H3,(H,20,22). The van der Waals surface area contributed by atoms with Gasteiger partial charge in [0.2, 0.25) is 0 Å². The summed E-state index contributed by atoms with van der Waals surface area (Å²) < 4.78 is 5.58. The number of amides is 1. The second-order valence-electron chi connectivity index (χ2n) is 5.85. The SMILES string of the molecule is CC(C)Oc1ccc(C(C)NC(=O)c2ccc(Cl)cc2[N+](=O)[O-])cc1. The van der Waals surface area contributed by atoms with E-state index < -0.39 is 10.8 Å². The Morgan fingerprint density at radius 3 is 2.36 bits per heavy atom. The summed E-state index contributed by atoms with van der Waals surface area (Å²) in [5, 5.41) is 14.1. The maximum Gasteiger partial charge on any atom is 0.283 e. The van der Waals surface area contributed by atoms with Crippen LogP contribution in [0.3, 0.4) is 0 Å². The molecule has 0 aliphatic heterocycles. The van der Waals surface area contributed by atoms with Gasteiger partial charge < -0.3 is 10.1 Å². The van der Waals surface area contributed by atoms with Crippen molar-refractivity contribution in [3.8, 4) is 5.75 Å². The van der Waals surface area contributed by atoms with Crippen LogP contribution in [0, 0.1) is 10.1 Å². The molecule has 7 heteroatoms. The van der Waals surface area contributed by atoms with Crippen molar-refractivity contribution in [2.75, 3.05) is 0 Å². The van der Waals surface area contributed by atoms with Crippen LogP contribution in [-0.4, -0.2) is 16.9 Å². The molecule has 0 saturated carbocycles. The molecule has 25 heavy (non-hydrogen) atoms. The molecule has 0 aromatic heterocycles. The first-order chi connectivity index (χ1) is 11.8. The van der Waals surface area contributed by atoms with E-state index in [9.17, 15) is 14.9 Å². The number of ether oxygens (including phenoxy) is 1. The fourth-order valence-electron chi connectivity index (χ4n) is 2.31. The number of benzene rings is 2. The van der Waals surface area contributed by atoms with Crippen LogP contribution < -0.4 is 10.1 Å². The van der Waals surface area contributed by atoms with E-state index in [4.69, 9.17) is 16.3 Å². The number of nitrogens with zero attached hydrogens (tertiary/aromatic N) is 1. The molecule has 0 bridgehead atoms. The van der Waals surface area contributed by atoms with Gasteiger partial charge in [0.1, 0.15) is 11.3 Å². The Morgan fingerprint density at radius 1 is 1.16 bits per heavy atom. The third kappa shape index (κ3) is 4.93. The van der Waals surface area contributed by atoms with Crippen molar-refractivity contribution in [3.05, 3.63) is 68.7 Å². The van der Waals surface area contributed by atoms with Crippen molar-refractivity contribution < 1.29 is 14.5 Å². The number of halogens is 1. The van der Waals surface area contributed by atoms with Crippen LogP contribution in [0.4, 0.5) is 5.69 Å². The topological polar surface area (TPSA) is 81.5 Å². The summed E-state index contributed by atoms with van der Waals surface area (Å²) in [6.07, 6.45) is 0.0773. The van der Waals surface area contributed by atoms with E-state index >= 15 is 0 Å². The van der Waals surface area contributed by atoms with Crippen molar-refractivity contribution >= 4 is 23.2 Å². The van der Waals surface area contributed by atoms with Gasteiger partial charge in [0.15, 0.2) is 0 Å². The summed E-state index contributed by atoms with van der Waals surface area (Å²) in [6.45, 7) is 5.68. The third-order valence-corrected chi connectivity index (χ3v) is 3.74. The van der Waals surface area contributed by atoms with Gasteiger partial charge in [-0.1, -0.05) is 23.7 Å². The summed E-state index contributed by atoms with van der Waals surface area (Å²) >= 11 is 5.77. The van der Waals surface area contributed by atoms with Crippen molar-refractivity contribution in [1.29, 1.82) is 0 Å². The van der Waals surface area contributed by atoms with Gasteiger partial charge in [0, 0.05) is 11.1 Å². The summed E-state index contributed by atoms with van der Waals surface area (Å²) in [5.74, 6) is 0.212. The van der Waals surface area contributed by atoms with Gasteiger partial charge in [-0.05, 0) is 50.6 Å². The molecule has 2 aromatic rings. The van der Waals surface area contributed by atoms with Gasteiger partial charge >= 0.3 is 0 Å². The molecule has 1 atom stereocenters. The van der Waals surface area contributed by atoms with E-state index in [2.05, 4.69) is 5.32 Å². The Bertz CT molecular complexity index is 775. The van der Waals surface area contributed by atoms with Crippen LogP contribution in [0.25, 0.3) is 0 Å². The lowest BCUT2D eigenvalue weighted by Crippen LogP contribution is -2.27. The summed E-state index contributed by atoms with van der Waals surface area (Å²) in [6, 6.07) is 11.0. The van der Waals surface area contributed by atoms with E-state index in [1.54, 1.807) is 6.92 Å². The molecular weight excluding hydrogens is 344 g/mol. The quantitative estimate of drug-likeness (QED) is 0.604. The molecule has 1 unspecified atom stereocenters. The van der Waals surface area contributed by atoms with E-state index in [0.29, 0.717) is 0 Å². The van der Waals surface area contributed by atoms with Gasteiger partial charge in [-0.2, -0.15) is 0 Å². The third-order valence-electron chi connectivity index (χ3n) is 3.50. The molecule has 132 valence electrons. The number of nitro benzene ring substituents is 1. The van der Waals surface area contributed by atoms with Crippen LogP contribution in [0.1, 0.15) is 42.7 Å². The average molecular weight is 363 g/mol. The summed E-state index contributed by atoms with van der Waals surface area (Å²) in [5.41, 5.74) is 0.514. The molecule has 0 heterocycles. The number of nitro groups is 1. The first kappa shape index (κ1) is 18.7. The first-order valence-electron chi connectivity index (χ1n) is 7.79. The van der Waals surface area contributed by atoms with Crippen molar-refractivity contribution in [3.63, 3.8) is 0 Å². The number of rotatable bonds is 6. The summed E-state index contributed by atoms with van der Waals surface area (Å²) in [4.78, 5) is 22.9. The highest BCUT2D eigenvalue weighted by Gasteiger charge is 2.22. The zero-order valence-corrected chi connectivity index (χ0v) is 14.9. The van der Waals surface area contributed by atoms with E-state index in [-0.39, 0.29) is 28.4 Å². The Balaban J connectivity index is 2.14. The predicted octanol–water partition coefficient (Wildman–Crippen LogP) is 4.53. The highest BCUT2D eigenvalue weighted by Crippen LogP contribution is 2.24. The smallest absolute Gasteiger partial charge is 0.283 e. The van der Waals surface area contributed by atoms with Gasteiger partial charge in [0.25, 0.3) is 11.6 Å². The van der Waals surface area contributed by atoms with E-state index in [0.717, 1.165) is 11.3 Å².